The Hall–Kier alpha value is -1.90. The zero-order valence-corrected chi connectivity index (χ0v) is 16.8. The molecule has 1 aliphatic rings. The fraction of sp³-hybridized carbons (Fsp3) is 0.583. The third-order valence-corrected chi connectivity index (χ3v) is 5.64. The van der Waals surface area contributed by atoms with Crippen molar-refractivity contribution in [3.8, 4) is 17.1 Å². The van der Waals surface area contributed by atoms with Crippen LogP contribution >= 0.6 is 0 Å². The largest absolute Gasteiger partial charge is 0.490 e. The van der Waals surface area contributed by atoms with Crippen LogP contribution in [0.1, 0.15) is 89.0 Å². The van der Waals surface area contributed by atoms with Crippen molar-refractivity contribution in [1.82, 2.24) is 9.97 Å². The van der Waals surface area contributed by atoms with E-state index in [0.717, 1.165) is 36.1 Å². The van der Waals surface area contributed by atoms with E-state index in [-0.39, 0.29) is 0 Å². The number of rotatable bonds is 10. The monoisotopic (exact) mass is 366 g/mol. The highest BCUT2D eigenvalue weighted by Gasteiger charge is 2.15. The lowest BCUT2D eigenvalue weighted by molar-refractivity contribution is 0.302. The Morgan fingerprint density at radius 2 is 1.52 bits per heavy atom. The highest BCUT2D eigenvalue weighted by atomic mass is 16.5. The number of nitrogens with zero attached hydrogens (tertiary/aromatic N) is 2. The third kappa shape index (κ3) is 6.34. The topological polar surface area (TPSA) is 35.0 Å². The van der Waals surface area contributed by atoms with Crippen molar-refractivity contribution >= 4 is 0 Å². The van der Waals surface area contributed by atoms with Crippen LogP contribution in [0.25, 0.3) is 11.4 Å². The number of hydrogen-bond donors (Lipinski definition) is 0. The molecule has 146 valence electrons. The van der Waals surface area contributed by atoms with Crippen LogP contribution in [-0.2, 0) is 0 Å². The minimum atomic E-state index is 0.742. The zero-order chi connectivity index (χ0) is 18.7. The number of aromatic nitrogens is 2. The second-order valence-electron chi connectivity index (χ2n) is 7.82. The van der Waals surface area contributed by atoms with E-state index in [4.69, 9.17) is 4.74 Å². The molecular weight excluding hydrogens is 332 g/mol. The summed E-state index contributed by atoms with van der Waals surface area (Å²) in [5.41, 5.74) is 2.55. The SMILES string of the molecule is CCCCCCCCOc1cnc(-c2ccc(C3CCCCC3)cc2)nc1. The van der Waals surface area contributed by atoms with Gasteiger partial charge in [0.05, 0.1) is 19.0 Å². The van der Waals surface area contributed by atoms with E-state index >= 15 is 0 Å². The molecule has 3 rings (SSSR count). The molecule has 0 unspecified atom stereocenters. The lowest BCUT2D eigenvalue weighted by Gasteiger charge is -2.22. The lowest BCUT2D eigenvalue weighted by Crippen LogP contribution is -2.04. The highest BCUT2D eigenvalue weighted by molar-refractivity contribution is 5.55. The first kappa shape index (κ1) is 19.9. The molecule has 3 nitrogen and oxygen atoms in total. The Morgan fingerprint density at radius 3 is 2.22 bits per heavy atom. The fourth-order valence-corrected chi connectivity index (χ4v) is 3.95. The summed E-state index contributed by atoms with van der Waals surface area (Å²) < 4.78 is 5.78. The van der Waals surface area contributed by atoms with E-state index in [2.05, 4.69) is 41.2 Å². The molecule has 1 fully saturated rings. The molecule has 0 spiro atoms. The van der Waals surface area contributed by atoms with Gasteiger partial charge in [-0.05, 0) is 30.7 Å². The van der Waals surface area contributed by atoms with Gasteiger partial charge < -0.3 is 4.74 Å². The van der Waals surface area contributed by atoms with E-state index in [1.165, 1.54) is 69.8 Å². The van der Waals surface area contributed by atoms with Crippen molar-refractivity contribution in [3.63, 3.8) is 0 Å². The number of benzene rings is 1. The molecule has 1 aromatic carbocycles. The van der Waals surface area contributed by atoms with E-state index < -0.39 is 0 Å². The Balaban J connectivity index is 1.45. The van der Waals surface area contributed by atoms with Crippen molar-refractivity contribution in [2.45, 2.75) is 83.5 Å². The molecular formula is C24H34N2O. The predicted octanol–water partition coefficient (Wildman–Crippen LogP) is 6.93. The smallest absolute Gasteiger partial charge is 0.159 e. The van der Waals surface area contributed by atoms with Gasteiger partial charge in [-0.25, -0.2) is 9.97 Å². The Kier molecular flexibility index (Phi) is 8.13. The van der Waals surface area contributed by atoms with Gasteiger partial charge in [-0.3, -0.25) is 0 Å². The molecule has 0 N–H and O–H groups in total. The van der Waals surface area contributed by atoms with Crippen LogP contribution in [0.15, 0.2) is 36.7 Å². The van der Waals surface area contributed by atoms with E-state index in [0.29, 0.717) is 0 Å². The number of ether oxygens (including phenoxy) is 1. The molecule has 0 saturated heterocycles. The summed E-state index contributed by atoms with van der Waals surface area (Å²) in [6.07, 6.45) is 18.0. The molecule has 1 heterocycles. The maximum Gasteiger partial charge on any atom is 0.159 e. The van der Waals surface area contributed by atoms with Gasteiger partial charge >= 0.3 is 0 Å². The summed E-state index contributed by atoms with van der Waals surface area (Å²) in [5, 5.41) is 0. The van der Waals surface area contributed by atoms with Gasteiger partial charge in [-0.1, -0.05) is 82.6 Å². The molecule has 1 aromatic heterocycles. The molecule has 3 heteroatoms. The maximum absolute atomic E-state index is 5.78. The van der Waals surface area contributed by atoms with Crippen LogP contribution in [0, 0.1) is 0 Å². The highest BCUT2D eigenvalue weighted by Crippen LogP contribution is 2.33. The Morgan fingerprint density at radius 1 is 0.852 bits per heavy atom. The van der Waals surface area contributed by atoms with Crippen molar-refractivity contribution in [2.75, 3.05) is 6.61 Å². The maximum atomic E-state index is 5.78. The van der Waals surface area contributed by atoms with Crippen LogP contribution in [0.2, 0.25) is 0 Å². The fourth-order valence-electron chi connectivity index (χ4n) is 3.95. The third-order valence-electron chi connectivity index (χ3n) is 5.64. The van der Waals surface area contributed by atoms with E-state index in [1.54, 1.807) is 12.4 Å². The second-order valence-corrected chi connectivity index (χ2v) is 7.82. The number of unbranched alkanes of at least 4 members (excludes halogenated alkanes) is 5. The van der Waals surface area contributed by atoms with Crippen molar-refractivity contribution in [2.24, 2.45) is 0 Å². The summed E-state index contributed by atoms with van der Waals surface area (Å²) in [6, 6.07) is 8.85. The van der Waals surface area contributed by atoms with Crippen LogP contribution in [0.5, 0.6) is 5.75 Å². The molecule has 0 radical (unpaired) electrons. The average molecular weight is 367 g/mol. The van der Waals surface area contributed by atoms with Gasteiger partial charge in [0.1, 0.15) is 0 Å². The van der Waals surface area contributed by atoms with Gasteiger partial charge in [-0.2, -0.15) is 0 Å². The van der Waals surface area contributed by atoms with Gasteiger partial charge in [0.2, 0.25) is 0 Å². The van der Waals surface area contributed by atoms with Crippen LogP contribution in [0.4, 0.5) is 0 Å². The quantitative estimate of drug-likeness (QED) is 0.428. The zero-order valence-electron chi connectivity index (χ0n) is 16.8. The molecule has 2 aromatic rings. The summed E-state index contributed by atoms with van der Waals surface area (Å²) in [4.78, 5) is 8.99. The van der Waals surface area contributed by atoms with Gasteiger partial charge in [-0.15, -0.1) is 0 Å². The molecule has 0 bridgehead atoms. The molecule has 0 atom stereocenters. The van der Waals surface area contributed by atoms with E-state index in [9.17, 15) is 0 Å². The first-order chi connectivity index (χ1) is 13.4. The lowest BCUT2D eigenvalue weighted by atomic mass is 9.84. The molecule has 0 amide bonds. The number of hydrogen-bond acceptors (Lipinski definition) is 3. The minimum absolute atomic E-state index is 0.742. The first-order valence-electron chi connectivity index (χ1n) is 10.9. The predicted molar refractivity (Wildman–Crippen MR) is 112 cm³/mol. The van der Waals surface area contributed by atoms with Gasteiger partial charge in [0.15, 0.2) is 11.6 Å². The Labute approximate surface area is 164 Å². The standard InChI is InChI=1S/C24H34N2O/c1-2-3-4-5-6-10-17-27-23-18-25-24(26-19-23)22-15-13-21(14-16-22)20-11-8-7-9-12-20/h13-16,18-20H,2-12,17H2,1H3. The minimum Gasteiger partial charge on any atom is -0.490 e. The van der Waals surface area contributed by atoms with Crippen LogP contribution in [0.3, 0.4) is 0 Å². The van der Waals surface area contributed by atoms with Gasteiger partial charge in [0, 0.05) is 5.56 Å². The molecule has 1 aliphatic carbocycles. The van der Waals surface area contributed by atoms with Crippen molar-refractivity contribution < 1.29 is 4.74 Å². The normalized spacial score (nSPS) is 15.0. The molecule has 0 aliphatic heterocycles. The van der Waals surface area contributed by atoms with Crippen molar-refractivity contribution in [1.29, 1.82) is 0 Å². The summed E-state index contributed by atoms with van der Waals surface area (Å²) in [6.45, 7) is 3.00. The van der Waals surface area contributed by atoms with E-state index in [1.807, 2.05) is 0 Å². The first-order valence-corrected chi connectivity index (χ1v) is 10.9. The molecule has 27 heavy (non-hydrogen) atoms. The average Bonchev–Trinajstić information content (AvgIpc) is 2.74. The van der Waals surface area contributed by atoms with Crippen LogP contribution < -0.4 is 4.74 Å². The summed E-state index contributed by atoms with van der Waals surface area (Å²) >= 11 is 0. The summed E-state index contributed by atoms with van der Waals surface area (Å²) in [5.74, 6) is 2.29. The Bertz CT molecular complexity index is 645. The second kappa shape index (κ2) is 11.1. The van der Waals surface area contributed by atoms with Crippen LogP contribution in [-0.4, -0.2) is 16.6 Å². The summed E-state index contributed by atoms with van der Waals surface area (Å²) in [7, 11) is 0. The van der Waals surface area contributed by atoms with Crippen molar-refractivity contribution in [3.05, 3.63) is 42.2 Å². The molecule has 1 saturated carbocycles. The van der Waals surface area contributed by atoms with Gasteiger partial charge in [0.25, 0.3) is 0 Å².